The molecule has 2 atom stereocenters. The highest BCUT2D eigenvalue weighted by molar-refractivity contribution is 5.68. The Morgan fingerprint density at radius 1 is 1.00 bits per heavy atom. The second kappa shape index (κ2) is 8.52. The first kappa shape index (κ1) is 20.0. The first-order chi connectivity index (χ1) is 13.3. The zero-order chi connectivity index (χ0) is 20.1. The van der Waals surface area contributed by atoms with Gasteiger partial charge in [-0.15, -0.1) is 0 Å². The SMILES string of the molecule is CC(C)(C)OC(=O)N1CC[C@H](Oc2ccc(Oc3ccccc3)cc2)[C@@H](O)C1. The van der Waals surface area contributed by atoms with Crippen molar-refractivity contribution in [3.63, 3.8) is 0 Å². The molecule has 150 valence electrons. The number of piperidine rings is 1. The molecule has 6 heteroatoms. The predicted octanol–water partition coefficient (Wildman–Crippen LogP) is 4.23. The lowest BCUT2D eigenvalue weighted by Crippen LogP contribution is -2.52. The molecule has 0 aromatic heterocycles. The number of hydrogen-bond donors (Lipinski definition) is 1. The summed E-state index contributed by atoms with van der Waals surface area (Å²) in [5.74, 6) is 2.12. The quantitative estimate of drug-likeness (QED) is 0.853. The standard InChI is InChI=1S/C22H27NO5/c1-22(2,3)28-21(25)23-14-13-20(19(24)15-23)27-18-11-9-17(10-12-18)26-16-7-5-4-6-8-16/h4-12,19-20,24H,13-15H2,1-3H3/t19-,20-/m0/s1. The number of carbonyl (C=O) groups excluding carboxylic acids is 1. The van der Waals surface area contributed by atoms with Gasteiger partial charge < -0.3 is 24.2 Å². The maximum absolute atomic E-state index is 12.1. The van der Waals surface area contributed by atoms with Gasteiger partial charge in [0.15, 0.2) is 0 Å². The van der Waals surface area contributed by atoms with Crippen LogP contribution in [0, 0.1) is 0 Å². The van der Waals surface area contributed by atoms with E-state index < -0.39 is 17.8 Å². The number of benzene rings is 2. The van der Waals surface area contributed by atoms with Gasteiger partial charge in [0, 0.05) is 13.0 Å². The Hall–Kier alpha value is -2.73. The third-order valence-electron chi connectivity index (χ3n) is 4.26. The van der Waals surface area contributed by atoms with Crippen molar-refractivity contribution in [2.45, 2.75) is 45.0 Å². The Kier molecular flexibility index (Phi) is 6.09. The van der Waals surface area contributed by atoms with Crippen LogP contribution in [-0.4, -0.2) is 47.0 Å². The predicted molar refractivity (Wildman–Crippen MR) is 106 cm³/mol. The van der Waals surface area contributed by atoms with Crippen molar-refractivity contribution >= 4 is 6.09 Å². The Morgan fingerprint density at radius 2 is 1.61 bits per heavy atom. The average Bonchev–Trinajstić information content (AvgIpc) is 2.64. The van der Waals surface area contributed by atoms with Gasteiger partial charge in [-0.3, -0.25) is 0 Å². The van der Waals surface area contributed by atoms with Crippen LogP contribution in [0.5, 0.6) is 17.2 Å². The van der Waals surface area contributed by atoms with E-state index in [9.17, 15) is 9.90 Å². The number of amides is 1. The third kappa shape index (κ3) is 5.63. The van der Waals surface area contributed by atoms with Crippen LogP contribution in [-0.2, 0) is 4.74 Å². The molecule has 1 aliphatic heterocycles. The van der Waals surface area contributed by atoms with E-state index in [1.807, 2.05) is 75.4 Å². The molecule has 2 aromatic carbocycles. The zero-order valence-electron chi connectivity index (χ0n) is 16.5. The number of β-amino-alcohol motifs (C(OH)–C–C–N with tert-alkyl or cyclic N) is 1. The van der Waals surface area contributed by atoms with Gasteiger partial charge in [-0.1, -0.05) is 18.2 Å². The van der Waals surface area contributed by atoms with Crippen molar-refractivity contribution in [3.8, 4) is 17.2 Å². The largest absolute Gasteiger partial charge is 0.488 e. The summed E-state index contributed by atoms with van der Waals surface area (Å²) < 4.78 is 17.0. The number of ether oxygens (including phenoxy) is 3. The molecule has 0 aliphatic carbocycles. The van der Waals surface area contributed by atoms with E-state index in [0.717, 1.165) is 5.75 Å². The Bertz CT molecular complexity index is 770. The lowest BCUT2D eigenvalue weighted by molar-refractivity contribution is -0.0374. The highest BCUT2D eigenvalue weighted by Crippen LogP contribution is 2.26. The summed E-state index contributed by atoms with van der Waals surface area (Å²) in [7, 11) is 0. The number of aliphatic hydroxyl groups excluding tert-OH is 1. The minimum atomic E-state index is -0.776. The molecule has 0 bridgehead atoms. The number of nitrogens with zero attached hydrogens (tertiary/aromatic N) is 1. The molecular weight excluding hydrogens is 358 g/mol. The minimum Gasteiger partial charge on any atom is -0.488 e. The molecule has 3 rings (SSSR count). The highest BCUT2D eigenvalue weighted by Gasteiger charge is 2.33. The van der Waals surface area contributed by atoms with Gasteiger partial charge in [-0.2, -0.15) is 0 Å². The third-order valence-corrected chi connectivity index (χ3v) is 4.26. The van der Waals surface area contributed by atoms with Crippen LogP contribution in [0.2, 0.25) is 0 Å². The molecule has 1 heterocycles. The lowest BCUT2D eigenvalue weighted by atomic mass is 10.1. The molecule has 0 unspecified atom stereocenters. The monoisotopic (exact) mass is 385 g/mol. The van der Waals surface area contributed by atoms with E-state index in [0.29, 0.717) is 24.5 Å². The highest BCUT2D eigenvalue weighted by atomic mass is 16.6. The molecule has 1 N–H and O–H groups in total. The van der Waals surface area contributed by atoms with Crippen molar-refractivity contribution in [2.24, 2.45) is 0 Å². The summed E-state index contributed by atoms with van der Waals surface area (Å²) in [4.78, 5) is 13.7. The van der Waals surface area contributed by atoms with Gasteiger partial charge in [0.1, 0.15) is 35.1 Å². The molecule has 0 radical (unpaired) electrons. The van der Waals surface area contributed by atoms with Crippen LogP contribution in [0.3, 0.4) is 0 Å². The average molecular weight is 385 g/mol. The van der Waals surface area contributed by atoms with E-state index in [2.05, 4.69) is 0 Å². The molecule has 0 saturated carbocycles. The Balaban J connectivity index is 1.52. The summed E-state index contributed by atoms with van der Waals surface area (Å²) >= 11 is 0. The Morgan fingerprint density at radius 3 is 2.21 bits per heavy atom. The number of para-hydroxylation sites is 1. The lowest BCUT2D eigenvalue weighted by Gasteiger charge is -2.36. The fourth-order valence-electron chi connectivity index (χ4n) is 2.93. The number of carbonyl (C=O) groups is 1. The Labute approximate surface area is 165 Å². The van der Waals surface area contributed by atoms with E-state index in [1.54, 1.807) is 0 Å². The fraction of sp³-hybridized carbons (Fsp3) is 0.409. The number of hydrogen-bond acceptors (Lipinski definition) is 5. The van der Waals surface area contributed by atoms with Gasteiger partial charge in [0.2, 0.25) is 0 Å². The molecule has 6 nitrogen and oxygen atoms in total. The number of rotatable bonds is 4. The molecule has 28 heavy (non-hydrogen) atoms. The summed E-state index contributed by atoms with van der Waals surface area (Å²) in [5.41, 5.74) is -0.557. The number of aliphatic hydroxyl groups is 1. The first-order valence-electron chi connectivity index (χ1n) is 9.46. The topological polar surface area (TPSA) is 68.2 Å². The fourth-order valence-corrected chi connectivity index (χ4v) is 2.93. The molecule has 1 aliphatic rings. The summed E-state index contributed by atoms with van der Waals surface area (Å²) in [6.07, 6.45) is -1.03. The summed E-state index contributed by atoms with van der Waals surface area (Å²) in [5, 5.41) is 10.4. The second-order valence-corrected chi connectivity index (χ2v) is 7.83. The van der Waals surface area contributed by atoms with Crippen LogP contribution in [0.4, 0.5) is 4.79 Å². The van der Waals surface area contributed by atoms with Crippen molar-refractivity contribution in [3.05, 3.63) is 54.6 Å². The minimum absolute atomic E-state index is 0.189. The van der Waals surface area contributed by atoms with Crippen LogP contribution >= 0.6 is 0 Å². The van der Waals surface area contributed by atoms with Crippen LogP contribution in [0.25, 0.3) is 0 Å². The van der Waals surface area contributed by atoms with Crippen molar-refractivity contribution in [1.29, 1.82) is 0 Å². The first-order valence-corrected chi connectivity index (χ1v) is 9.46. The van der Waals surface area contributed by atoms with Crippen LogP contribution < -0.4 is 9.47 Å². The maximum atomic E-state index is 12.1. The smallest absolute Gasteiger partial charge is 0.410 e. The number of likely N-dealkylation sites (tertiary alicyclic amines) is 1. The van der Waals surface area contributed by atoms with Crippen LogP contribution in [0.1, 0.15) is 27.2 Å². The van der Waals surface area contributed by atoms with E-state index in [4.69, 9.17) is 14.2 Å². The second-order valence-electron chi connectivity index (χ2n) is 7.83. The van der Waals surface area contributed by atoms with Crippen molar-refractivity contribution in [2.75, 3.05) is 13.1 Å². The van der Waals surface area contributed by atoms with E-state index in [1.165, 1.54) is 4.90 Å². The molecule has 2 aromatic rings. The van der Waals surface area contributed by atoms with Crippen molar-refractivity contribution < 1.29 is 24.1 Å². The van der Waals surface area contributed by atoms with Gasteiger partial charge in [0.05, 0.1) is 6.54 Å². The molecular formula is C22H27NO5. The molecule has 0 spiro atoms. The molecule has 1 amide bonds. The zero-order valence-corrected chi connectivity index (χ0v) is 16.5. The van der Waals surface area contributed by atoms with Gasteiger partial charge in [-0.05, 0) is 57.2 Å². The van der Waals surface area contributed by atoms with Gasteiger partial charge >= 0.3 is 6.09 Å². The summed E-state index contributed by atoms with van der Waals surface area (Å²) in [6.45, 7) is 6.13. The summed E-state index contributed by atoms with van der Waals surface area (Å²) in [6, 6.07) is 16.8. The molecule has 1 fully saturated rings. The normalized spacial score (nSPS) is 19.8. The van der Waals surface area contributed by atoms with Crippen molar-refractivity contribution in [1.82, 2.24) is 4.90 Å². The van der Waals surface area contributed by atoms with E-state index >= 15 is 0 Å². The maximum Gasteiger partial charge on any atom is 0.410 e. The van der Waals surface area contributed by atoms with Gasteiger partial charge in [-0.25, -0.2) is 4.79 Å². The van der Waals surface area contributed by atoms with E-state index in [-0.39, 0.29) is 12.6 Å². The van der Waals surface area contributed by atoms with Gasteiger partial charge in [0.25, 0.3) is 0 Å². The van der Waals surface area contributed by atoms with Crippen LogP contribution in [0.15, 0.2) is 54.6 Å². The molecule has 1 saturated heterocycles.